The van der Waals surface area contributed by atoms with Crippen molar-refractivity contribution in [3.63, 3.8) is 0 Å². The molecular weight excluding hydrogens is 382 g/mol. The molecule has 1 heterocycles. The van der Waals surface area contributed by atoms with E-state index in [1.807, 2.05) is 0 Å². The van der Waals surface area contributed by atoms with E-state index in [1.54, 1.807) is 21.1 Å². The number of anilines is 1. The van der Waals surface area contributed by atoms with Crippen molar-refractivity contribution in [2.24, 2.45) is 0 Å². The van der Waals surface area contributed by atoms with E-state index < -0.39 is 41.6 Å². The Balaban J connectivity index is 2.34. The highest BCUT2D eigenvalue weighted by Crippen LogP contribution is 2.32. The highest BCUT2D eigenvalue weighted by molar-refractivity contribution is 5.88. The monoisotopic (exact) mass is 406 g/mol. The van der Waals surface area contributed by atoms with Crippen molar-refractivity contribution < 1.29 is 36.4 Å². The fraction of sp³-hybridized carbons (Fsp3) is 0.556. The van der Waals surface area contributed by atoms with Gasteiger partial charge in [-0.2, -0.15) is 13.2 Å². The number of methoxy groups -OCH3 is 1. The van der Waals surface area contributed by atoms with Gasteiger partial charge >= 0.3 is 18.1 Å². The average Bonchev–Trinajstić information content (AvgIpc) is 3.06. The third kappa shape index (κ3) is 4.92. The maximum Gasteiger partial charge on any atom is 0.416 e. The number of likely N-dealkylation sites (N-methyl/N-ethyl adjacent to an activating group) is 1. The minimum absolute atomic E-state index is 0.00108. The SMILES string of the molecule is COC(=O)[C@@H]1CCCN1C(=O)[C@@H](Nc1cc(F)cc(C(F)(F)F)c1)[N+](C)(C)C. The van der Waals surface area contributed by atoms with Gasteiger partial charge in [0.25, 0.3) is 0 Å². The van der Waals surface area contributed by atoms with Gasteiger partial charge in [0.1, 0.15) is 11.9 Å². The van der Waals surface area contributed by atoms with Crippen molar-refractivity contribution in [1.29, 1.82) is 0 Å². The van der Waals surface area contributed by atoms with Crippen LogP contribution in [0.2, 0.25) is 0 Å². The van der Waals surface area contributed by atoms with Gasteiger partial charge in [-0.05, 0) is 31.0 Å². The van der Waals surface area contributed by atoms with Crippen LogP contribution in [0.15, 0.2) is 18.2 Å². The number of likely N-dealkylation sites (tertiary alicyclic amines) is 1. The number of ether oxygens (including phenoxy) is 1. The standard InChI is InChI=1S/C18H24F4N3O3/c1-25(2,3)15(16(26)24-7-5-6-14(24)17(27)28-4)23-13-9-11(18(20,21)22)8-12(19)10-13/h8-10,14-15,23H,5-7H2,1-4H3/q+1/t14-,15-/m0/s1. The van der Waals surface area contributed by atoms with Gasteiger partial charge in [-0.15, -0.1) is 0 Å². The molecule has 28 heavy (non-hydrogen) atoms. The Morgan fingerprint density at radius 1 is 1.25 bits per heavy atom. The van der Waals surface area contributed by atoms with Crippen LogP contribution in [-0.4, -0.2) is 68.3 Å². The lowest BCUT2D eigenvalue weighted by atomic mass is 10.1. The molecule has 0 aliphatic carbocycles. The summed E-state index contributed by atoms with van der Waals surface area (Å²) in [5.74, 6) is -2.09. The van der Waals surface area contributed by atoms with Crippen LogP contribution in [0.25, 0.3) is 0 Å². The van der Waals surface area contributed by atoms with Gasteiger partial charge in [-0.1, -0.05) is 0 Å². The lowest BCUT2D eigenvalue weighted by Gasteiger charge is -2.37. The van der Waals surface area contributed by atoms with Gasteiger partial charge in [0, 0.05) is 12.2 Å². The quantitative estimate of drug-likeness (QED) is 0.353. The number of rotatable bonds is 5. The smallest absolute Gasteiger partial charge is 0.416 e. The number of hydrogen-bond acceptors (Lipinski definition) is 4. The summed E-state index contributed by atoms with van der Waals surface area (Å²) >= 11 is 0. The molecule has 0 radical (unpaired) electrons. The van der Waals surface area contributed by atoms with Gasteiger partial charge in [-0.25, -0.2) is 9.18 Å². The van der Waals surface area contributed by atoms with E-state index in [9.17, 15) is 27.2 Å². The molecule has 1 aromatic carbocycles. The molecule has 0 spiro atoms. The van der Waals surface area contributed by atoms with Crippen molar-refractivity contribution in [2.45, 2.75) is 31.2 Å². The number of nitrogens with one attached hydrogen (secondary N) is 1. The first-order valence-corrected chi connectivity index (χ1v) is 8.68. The summed E-state index contributed by atoms with van der Waals surface area (Å²) in [6.07, 6.45) is -4.71. The summed E-state index contributed by atoms with van der Waals surface area (Å²) in [6, 6.07) is 1.29. The van der Waals surface area contributed by atoms with E-state index in [2.05, 4.69) is 5.32 Å². The van der Waals surface area contributed by atoms with Crippen LogP contribution in [0.3, 0.4) is 0 Å². The number of quaternary nitrogens is 1. The topological polar surface area (TPSA) is 58.6 Å². The molecule has 10 heteroatoms. The zero-order chi connectivity index (χ0) is 21.3. The van der Waals surface area contributed by atoms with Gasteiger partial charge in [0.05, 0.1) is 33.8 Å². The normalized spacial score (nSPS) is 18.7. The number of carbonyl (C=O) groups excluding carboxylic acids is 2. The predicted molar refractivity (Wildman–Crippen MR) is 93.6 cm³/mol. The summed E-state index contributed by atoms with van der Waals surface area (Å²) in [5, 5.41) is 2.72. The minimum Gasteiger partial charge on any atom is -0.467 e. The third-order valence-corrected chi connectivity index (χ3v) is 4.55. The Bertz CT molecular complexity index is 747. The third-order valence-electron chi connectivity index (χ3n) is 4.55. The number of benzene rings is 1. The average molecular weight is 406 g/mol. The van der Waals surface area contributed by atoms with Crippen molar-refractivity contribution >= 4 is 17.6 Å². The van der Waals surface area contributed by atoms with E-state index in [0.29, 0.717) is 25.5 Å². The second kappa shape index (κ2) is 7.94. The summed E-state index contributed by atoms with van der Waals surface area (Å²) in [5.41, 5.74) is -1.33. The molecule has 0 saturated carbocycles. The van der Waals surface area contributed by atoms with Gasteiger partial charge in [-0.3, -0.25) is 4.79 Å². The lowest BCUT2D eigenvalue weighted by molar-refractivity contribution is -0.883. The van der Waals surface area contributed by atoms with Gasteiger partial charge < -0.3 is 19.4 Å². The zero-order valence-corrected chi connectivity index (χ0v) is 16.1. The van der Waals surface area contributed by atoms with Crippen LogP contribution < -0.4 is 5.32 Å². The van der Waals surface area contributed by atoms with Crippen molar-refractivity contribution in [3.8, 4) is 0 Å². The zero-order valence-electron chi connectivity index (χ0n) is 16.1. The highest BCUT2D eigenvalue weighted by atomic mass is 19.4. The summed E-state index contributed by atoms with van der Waals surface area (Å²) < 4.78 is 57.4. The van der Waals surface area contributed by atoms with E-state index in [-0.39, 0.29) is 10.2 Å². The molecule has 1 saturated heterocycles. The van der Waals surface area contributed by atoms with E-state index in [4.69, 9.17) is 4.74 Å². The lowest BCUT2D eigenvalue weighted by Crippen LogP contribution is -2.60. The van der Waals surface area contributed by atoms with Crippen molar-refractivity contribution in [3.05, 3.63) is 29.6 Å². The Morgan fingerprint density at radius 2 is 1.89 bits per heavy atom. The molecule has 6 nitrogen and oxygen atoms in total. The molecule has 1 aromatic rings. The molecule has 1 aliphatic heterocycles. The summed E-state index contributed by atoms with van der Waals surface area (Å²) in [4.78, 5) is 26.4. The Morgan fingerprint density at radius 3 is 2.43 bits per heavy atom. The molecule has 0 unspecified atom stereocenters. The second-order valence-corrected chi connectivity index (χ2v) is 7.60. The molecule has 2 rings (SSSR count). The van der Waals surface area contributed by atoms with Crippen molar-refractivity contribution in [1.82, 2.24) is 4.90 Å². The number of carbonyl (C=O) groups is 2. The minimum atomic E-state index is -4.72. The second-order valence-electron chi connectivity index (χ2n) is 7.60. The number of nitrogens with zero attached hydrogens (tertiary/aromatic N) is 2. The number of halogens is 4. The Hall–Kier alpha value is -2.36. The first kappa shape index (κ1) is 21.9. The van der Waals surface area contributed by atoms with Crippen LogP contribution in [0, 0.1) is 5.82 Å². The van der Waals surface area contributed by atoms with Gasteiger partial charge in [0.2, 0.25) is 6.17 Å². The Labute approximate surface area is 160 Å². The van der Waals surface area contributed by atoms with Crippen molar-refractivity contribution in [2.75, 3.05) is 40.1 Å². The number of amides is 1. The highest BCUT2D eigenvalue weighted by Gasteiger charge is 2.43. The maximum absolute atomic E-state index is 13.7. The predicted octanol–water partition coefficient (Wildman–Crippen LogP) is 2.45. The van der Waals surface area contributed by atoms with Crippen LogP contribution in [0.4, 0.5) is 23.2 Å². The molecule has 1 aliphatic rings. The fourth-order valence-corrected chi connectivity index (χ4v) is 3.15. The molecule has 156 valence electrons. The van der Waals surface area contributed by atoms with Crippen LogP contribution in [0.5, 0.6) is 0 Å². The first-order chi connectivity index (χ1) is 12.8. The summed E-state index contributed by atoms with van der Waals surface area (Å²) in [6.45, 7) is 0.327. The molecular formula is C18H24F4N3O3+. The molecule has 0 bridgehead atoms. The molecule has 2 atom stereocenters. The largest absolute Gasteiger partial charge is 0.467 e. The summed E-state index contributed by atoms with van der Waals surface area (Å²) in [7, 11) is 6.23. The first-order valence-electron chi connectivity index (χ1n) is 8.68. The van der Waals surface area contributed by atoms with E-state index >= 15 is 0 Å². The fourth-order valence-electron chi connectivity index (χ4n) is 3.15. The van der Waals surface area contributed by atoms with E-state index in [1.165, 1.54) is 12.0 Å². The number of esters is 1. The maximum atomic E-state index is 13.7. The van der Waals surface area contributed by atoms with Crippen LogP contribution in [0.1, 0.15) is 18.4 Å². The molecule has 1 amide bonds. The number of hydrogen-bond donors (Lipinski definition) is 1. The number of alkyl halides is 3. The van der Waals surface area contributed by atoms with Crippen LogP contribution in [-0.2, 0) is 20.5 Å². The Kier molecular flexibility index (Phi) is 6.22. The molecule has 0 aromatic heterocycles. The van der Waals surface area contributed by atoms with Crippen LogP contribution >= 0.6 is 0 Å². The van der Waals surface area contributed by atoms with Gasteiger partial charge in [0.15, 0.2) is 0 Å². The molecule has 1 N–H and O–H groups in total. The van der Waals surface area contributed by atoms with E-state index in [0.717, 1.165) is 12.1 Å². The molecule has 1 fully saturated rings.